The van der Waals surface area contributed by atoms with Crippen LogP contribution in [0.5, 0.6) is 0 Å². The van der Waals surface area contributed by atoms with Crippen LogP contribution in [0.3, 0.4) is 0 Å². The standard InChI is InChI=1S/C14H12N4O/c1-18(13-5-3-2-4-6-13)14(19)11-7-9-12(10-8-11)16-17-15/h2-10H,1H3. The summed E-state index contributed by atoms with van der Waals surface area (Å²) in [4.78, 5) is 16.5. The van der Waals surface area contributed by atoms with Crippen LogP contribution in [-0.4, -0.2) is 13.0 Å². The van der Waals surface area contributed by atoms with Crippen LogP contribution >= 0.6 is 0 Å². The maximum absolute atomic E-state index is 12.2. The predicted octanol–water partition coefficient (Wildman–Crippen LogP) is 3.91. The van der Waals surface area contributed by atoms with E-state index in [-0.39, 0.29) is 5.91 Å². The SMILES string of the molecule is CN(C(=O)c1ccc(N=[N+]=[N-])cc1)c1ccccc1. The summed E-state index contributed by atoms with van der Waals surface area (Å²) in [5.41, 5.74) is 10.2. The molecule has 0 unspecified atom stereocenters. The Balaban J connectivity index is 2.22. The molecule has 0 radical (unpaired) electrons. The maximum Gasteiger partial charge on any atom is 0.258 e. The first-order chi connectivity index (χ1) is 9.22. The van der Waals surface area contributed by atoms with Crippen molar-refractivity contribution < 1.29 is 4.79 Å². The molecule has 0 aliphatic carbocycles. The van der Waals surface area contributed by atoms with Crippen molar-refractivity contribution in [1.82, 2.24) is 0 Å². The van der Waals surface area contributed by atoms with E-state index in [4.69, 9.17) is 5.53 Å². The van der Waals surface area contributed by atoms with E-state index in [2.05, 4.69) is 10.0 Å². The normalized spacial score (nSPS) is 9.53. The van der Waals surface area contributed by atoms with Gasteiger partial charge in [0.25, 0.3) is 5.91 Å². The monoisotopic (exact) mass is 252 g/mol. The summed E-state index contributed by atoms with van der Waals surface area (Å²) in [5, 5.41) is 3.47. The van der Waals surface area contributed by atoms with Gasteiger partial charge in [-0.3, -0.25) is 4.79 Å². The van der Waals surface area contributed by atoms with E-state index in [0.717, 1.165) is 5.69 Å². The molecule has 0 aromatic heterocycles. The summed E-state index contributed by atoms with van der Waals surface area (Å²) in [6.45, 7) is 0. The molecule has 0 N–H and O–H groups in total. The highest BCUT2D eigenvalue weighted by atomic mass is 16.2. The third-order valence-electron chi connectivity index (χ3n) is 2.72. The van der Waals surface area contributed by atoms with Crippen LogP contribution in [0.15, 0.2) is 59.7 Å². The second-order valence-electron chi connectivity index (χ2n) is 3.94. The number of azide groups is 1. The van der Waals surface area contributed by atoms with E-state index in [9.17, 15) is 4.79 Å². The minimum absolute atomic E-state index is 0.112. The Morgan fingerprint density at radius 2 is 1.74 bits per heavy atom. The molecule has 0 aliphatic heterocycles. The second-order valence-corrected chi connectivity index (χ2v) is 3.94. The van der Waals surface area contributed by atoms with Crippen LogP contribution in [0.25, 0.3) is 10.4 Å². The summed E-state index contributed by atoms with van der Waals surface area (Å²) in [5.74, 6) is -0.112. The molecule has 0 atom stereocenters. The molecule has 0 saturated carbocycles. The number of rotatable bonds is 3. The van der Waals surface area contributed by atoms with Crippen molar-refractivity contribution in [2.45, 2.75) is 0 Å². The van der Waals surface area contributed by atoms with Crippen molar-refractivity contribution in [3.05, 3.63) is 70.6 Å². The molecule has 0 bridgehead atoms. The first-order valence-electron chi connectivity index (χ1n) is 5.70. The minimum atomic E-state index is -0.112. The fourth-order valence-corrected chi connectivity index (χ4v) is 1.68. The number of carbonyl (C=O) groups is 1. The minimum Gasteiger partial charge on any atom is -0.311 e. The Morgan fingerprint density at radius 3 is 2.32 bits per heavy atom. The second kappa shape index (κ2) is 5.71. The van der Waals surface area contributed by atoms with Crippen molar-refractivity contribution in [3.8, 4) is 0 Å². The average Bonchev–Trinajstić information content (AvgIpc) is 2.48. The highest BCUT2D eigenvalue weighted by molar-refractivity contribution is 6.05. The van der Waals surface area contributed by atoms with E-state index in [1.165, 1.54) is 0 Å². The van der Waals surface area contributed by atoms with Gasteiger partial charge in [0.1, 0.15) is 0 Å². The lowest BCUT2D eigenvalue weighted by Gasteiger charge is -2.17. The van der Waals surface area contributed by atoms with E-state index in [1.54, 1.807) is 36.2 Å². The van der Waals surface area contributed by atoms with Crippen LogP contribution in [0.2, 0.25) is 0 Å². The van der Waals surface area contributed by atoms with Crippen molar-refractivity contribution in [1.29, 1.82) is 0 Å². The Labute approximate surface area is 110 Å². The van der Waals surface area contributed by atoms with E-state index >= 15 is 0 Å². The molecule has 0 fully saturated rings. The highest BCUT2D eigenvalue weighted by Gasteiger charge is 2.12. The third-order valence-corrected chi connectivity index (χ3v) is 2.72. The number of para-hydroxylation sites is 1. The number of amides is 1. The van der Waals surface area contributed by atoms with Gasteiger partial charge in [-0.25, -0.2) is 0 Å². The number of carbonyl (C=O) groups excluding carboxylic acids is 1. The van der Waals surface area contributed by atoms with Crippen molar-refractivity contribution in [2.75, 3.05) is 11.9 Å². The van der Waals surface area contributed by atoms with Gasteiger partial charge in [0.15, 0.2) is 0 Å². The summed E-state index contributed by atoms with van der Waals surface area (Å²) in [7, 11) is 1.72. The molecule has 0 aliphatic rings. The number of benzene rings is 2. The molecule has 19 heavy (non-hydrogen) atoms. The fourth-order valence-electron chi connectivity index (χ4n) is 1.68. The number of nitrogens with zero attached hydrogens (tertiary/aromatic N) is 4. The molecule has 94 valence electrons. The van der Waals surface area contributed by atoms with Gasteiger partial charge < -0.3 is 4.90 Å². The zero-order valence-corrected chi connectivity index (χ0v) is 10.4. The molecule has 5 nitrogen and oxygen atoms in total. The van der Waals surface area contributed by atoms with Gasteiger partial charge in [0.05, 0.1) is 0 Å². The molecule has 2 aromatic carbocycles. The number of hydrogen-bond donors (Lipinski definition) is 0. The zero-order chi connectivity index (χ0) is 13.7. The zero-order valence-electron chi connectivity index (χ0n) is 10.4. The number of anilines is 1. The lowest BCUT2D eigenvalue weighted by Crippen LogP contribution is -2.25. The van der Waals surface area contributed by atoms with Crippen LogP contribution in [0.4, 0.5) is 11.4 Å². The summed E-state index contributed by atoms with van der Waals surface area (Å²) in [6.07, 6.45) is 0. The van der Waals surface area contributed by atoms with Crippen LogP contribution < -0.4 is 4.90 Å². The molecule has 2 rings (SSSR count). The van der Waals surface area contributed by atoms with Gasteiger partial charge in [-0.15, -0.1) is 0 Å². The molecule has 0 heterocycles. The first kappa shape index (κ1) is 12.7. The van der Waals surface area contributed by atoms with Crippen molar-refractivity contribution in [2.24, 2.45) is 5.11 Å². The van der Waals surface area contributed by atoms with E-state index in [1.807, 2.05) is 30.3 Å². The van der Waals surface area contributed by atoms with Gasteiger partial charge in [-0.2, -0.15) is 0 Å². The van der Waals surface area contributed by atoms with Gasteiger partial charge in [0, 0.05) is 28.9 Å². The van der Waals surface area contributed by atoms with E-state index < -0.39 is 0 Å². The lowest BCUT2D eigenvalue weighted by molar-refractivity contribution is 0.0993. The predicted molar refractivity (Wildman–Crippen MR) is 74.4 cm³/mol. The average molecular weight is 252 g/mol. The largest absolute Gasteiger partial charge is 0.311 e. The van der Waals surface area contributed by atoms with Crippen LogP contribution in [0, 0.1) is 0 Å². The Hall–Kier alpha value is -2.78. The Kier molecular flexibility index (Phi) is 3.81. The molecule has 2 aromatic rings. The topological polar surface area (TPSA) is 69.1 Å². The van der Waals surface area contributed by atoms with Gasteiger partial charge in [-0.1, -0.05) is 35.4 Å². The van der Waals surface area contributed by atoms with Gasteiger partial charge in [-0.05, 0) is 29.8 Å². The molecular formula is C14H12N4O. The van der Waals surface area contributed by atoms with Crippen molar-refractivity contribution in [3.63, 3.8) is 0 Å². The van der Waals surface area contributed by atoms with E-state index in [0.29, 0.717) is 11.3 Å². The van der Waals surface area contributed by atoms with Crippen LogP contribution in [-0.2, 0) is 0 Å². The first-order valence-corrected chi connectivity index (χ1v) is 5.70. The quantitative estimate of drug-likeness (QED) is 0.464. The molecular weight excluding hydrogens is 240 g/mol. The van der Waals surface area contributed by atoms with Crippen molar-refractivity contribution >= 4 is 17.3 Å². The summed E-state index contributed by atoms with van der Waals surface area (Å²) in [6, 6.07) is 15.9. The number of hydrogen-bond acceptors (Lipinski definition) is 2. The smallest absolute Gasteiger partial charge is 0.258 e. The molecule has 0 spiro atoms. The molecule has 5 heteroatoms. The highest BCUT2D eigenvalue weighted by Crippen LogP contribution is 2.17. The maximum atomic E-state index is 12.2. The van der Waals surface area contributed by atoms with Gasteiger partial charge >= 0.3 is 0 Å². The molecule has 1 amide bonds. The van der Waals surface area contributed by atoms with Gasteiger partial charge in [0.2, 0.25) is 0 Å². The van der Waals surface area contributed by atoms with Crippen LogP contribution in [0.1, 0.15) is 10.4 Å². The third kappa shape index (κ3) is 2.91. The summed E-state index contributed by atoms with van der Waals surface area (Å²) < 4.78 is 0. The fraction of sp³-hybridized carbons (Fsp3) is 0.0714. The molecule has 0 saturated heterocycles. The Morgan fingerprint density at radius 1 is 1.11 bits per heavy atom. The summed E-state index contributed by atoms with van der Waals surface area (Å²) >= 11 is 0. The lowest BCUT2D eigenvalue weighted by atomic mass is 10.1. The Bertz CT molecular complexity index is 616.